The number of halogens is 17. The van der Waals surface area contributed by atoms with Crippen molar-refractivity contribution in [2.75, 3.05) is 0 Å². The van der Waals surface area contributed by atoms with Crippen LogP contribution in [0.3, 0.4) is 0 Å². The lowest BCUT2D eigenvalue weighted by molar-refractivity contribution is 0.366. The lowest BCUT2D eigenvalue weighted by Gasteiger charge is -2.24. The van der Waals surface area contributed by atoms with E-state index in [1.165, 1.54) is 0 Å². The van der Waals surface area contributed by atoms with Gasteiger partial charge in [0.1, 0.15) is 17.4 Å². The van der Waals surface area contributed by atoms with Gasteiger partial charge in [-0.2, -0.15) is 4.39 Å². The molecule has 58 heavy (non-hydrogen) atoms. The molecule has 0 spiro atoms. The molecule has 0 bridgehead atoms. The molecule has 8 aromatic carbocycles. The van der Waals surface area contributed by atoms with Crippen molar-refractivity contribution in [1.82, 2.24) is 0 Å². The smallest absolute Gasteiger partial charge is 0.521 e. The summed E-state index contributed by atoms with van der Waals surface area (Å²) in [6.07, 6.45) is 0. The number of fused-ring (bicyclic) bond motifs is 1. The minimum Gasteiger partial charge on any atom is -0.521 e. The Kier molecular flexibility index (Phi) is 8.81. The maximum atomic E-state index is 16.5. The molecule has 0 atom stereocenters. The lowest BCUT2D eigenvalue weighted by Crippen LogP contribution is -2.46. The summed E-state index contributed by atoms with van der Waals surface area (Å²) in [7, 11) is -3.22. The zero-order valence-corrected chi connectivity index (χ0v) is 27.4. The first-order valence-corrected chi connectivity index (χ1v) is 15.8. The molecule has 0 unspecified atom stereocenters. The fraction of sp³-hybridized carbons (Fsp3) is 0. The van der Waals surface area contributed by atoms with Crippen LogP contribution in [0.2, 0.25) is 0 Å². The number of benzene rings is 8. The Morgan fingerprint density at radius 3 is 1.45 bits per heavy atom. The Morgan fingerprint density at radius 1 is 0.310 bits per heavy atom. The van der Waals surface area contributed by atoms with Crippen molar-refractivity contribution in [1.29, 1.82) is 0 Å². The first-order valence-electron chi connectivity index (χ1n) is 15.8. The molecule has 0 aliphatic carbocycles. The number of rotatable bonds is 6. The van der Waals surface area contributed by atoms with Crippen LogP contribution in [-0.4, -0.2) is 7.12 Å². The van der Waals surface area contributed by atoms with E-state index in [9.17, 15) is 35.1 Å². The monoisotopic (exact) mass is 830 g/mol. The molecule has 294 valence electrons. The Labute approximate surface area is 309 Å². The summed E-state index contributed by atoms with van der Waals surface area (Å²) in [5, 5.41) is -7.34. The van der Waals surface area contributed by atoms with Crippen LogP contribution >= 0.6 is 0 Å². The van der Waals surface area contributed by atoms with E-state index in [0.29, 0.717) is 30.3 Å². The molecule has 0 amide bonds. The Balaban J connectivity index is 1.51. The van der Waals surface area contributed by atoms with Gasteiger partial charge in [-0.3, -0.25) is 0 Å². The van der Waals surface area contributed by atoms with Gasteiger partial charge in [0.25, 0.3) is 0 Å². The second-order valence-corrected chi connectivity index (χ2v) is 12.4. The molecule has 0 saturated carbocycles. The summed E-state index contributed by atoms with van der Waals surface area (Å²) >= 11 is 0. The van der Waals surface area contributed by atoms with Crippen molar-refractivity contribution in [3.05, 3.63) is 147 Å². The first-order chi connectivity index (χ1) is 27.4. The summed E-state index contributed by atoms with van der Waals surface area (Å²) in [6, 6.07) is 5.30. The molecule has 0 heterocycles. The molecule has 8 aromatic rings. The third-order valence-electron chi connectivity index (χ3n) is 9.31. The van der Waals surface area contributed by atoms with Crippen LogP contribution in [0.15, 0.2) is 48.5 Å². The van der Waals surface area contributed by atoms with Crippen molar-refractivity contribution >= 4 is 55.7 Å². The number of hydrogen-bond donors (Lipinski definition) is 0. The molecule has 0 aliphatic rings. The Morgan fingerprint density at radius 2 is 0.793 bits per heavy atom. The summed E-state index contributed by atoms with van der Waals surface area (Å²) in [4.78, 5) is 0. The molecule has 0 N–H and O–H groups in total. The number of hydrogen-bond acceptors (Lipinski definition) is 2. The van der Waals surface area contributed by atoms with Crippen LogP contribution in [0.1, 0.15) is 0 Å². The van der Waals surface area contributed by atoms with Gasteiger partial charge in [-0.25, -0.2) is 70.2 Å². The average Bonchev–Trinajstić information content (AvgIpc) is 3.20. The molecule has 0 aliphatic heterocycles. The van der Waals surface area contributed by atoms with E-state index in [2.05, 4.69) is 0 Å². The van der Waals surface area contributed by atoms with Crippen molar-refractivity contribution in [3.63, 3.8) is 0 Å². The summed E-state index contributed by atoms with van der Waals surface area (Å²) in [5.74, 6) is -45.0. The van der Waals surface area contributed by atoms with Gasteiger partial charge in [0.2, 0.25) is 17.5 Å². The molecular formula is C38H8BF17O2. The fourth-order valence-electron chi connectivity index (χ4n) is 6.75. The van der Waals surface area contributed by atoms with Crippen LogP contribution in [-0.2, 0) is 0 Å². The van der Waals surface area contributed by atoms with E-state index < -0.39 is 172 Å². The maximum Gasteiger partial charge on any atom is 0.636 e. The van der Waals surface area contributed by atoms with Crippen LogP contribution in [0.4, 0.5) is 74.6 Å². The zero-order chi connectivity index (χ0) is 42.0. The second-order valence-electron chi connectivity index (χ2n) is 12.4. The van der Waals surface area contributed by atoms with Gasteiger partial charge >= 0.3 is 7.12 Å². The quantitative estimate of drug-likeness (QED) is 0.0546. The van der Waals surface area contributed by atoms with Crippen molar-refractivity contribution in [2.45, 2.75) is 0 Å². The van der Waals surface area contributed by atoms with Crippen molar-refractivity contribution in [3.8, 4) is 22.6 Å². The van der Waals surface area contributed by atoms with E-state index in [4.69, 9.17) is 9.31 Å². The highest BCUT2D eigenvalue weighted by atomic mass is 19.2. The minimum absolute atomic E-state index is 0.174. The highest BCUT2D eigenvalue weighted by Crippen LogP contribution is 2.45. The third kappa shape index (κ3) is 5.22. The Bertz CT molecular complexity index is 3090. The van der Waals surface area contributed by atoms with Gasteiger partial charge in [0, 0.05) is 16.2 Å². The molecule has 2 nitrogen and oxygen atoms in total. The van der Waals surface area contributed by atoms with Crippen molar-refractivity contribution in [2.24, 2.45) is 0 Å². The molecule has 0 saturated heterocycles. The van der Waals surface area contributed by atoms with Crippen LogP contribution in [0, 0.1) is 98.9 Å². The highest BCUT2D eigenvalue weighted by Gasteiger charge is 2.42. The fourth-order valence-corrected chi connectivity index (χ4v) is 6.75. The lowest BCUT2D eigenvalue weighted by atomic mass is 9.73. The molecule has 8 rings (SSSR count). The van der Waals surface area contributed by atoms with Gasteiger partial charge < -0.3 is 9.31 Å². The van der Waals surface area contributed by atoms with Gasteiger partial charge in [-0.15, -0.1) is 0 Å². The SMILES string of the molecule is Fc1ccc2c(OB(Oc3c(F)c(F)c(F)c(F)c3-c3c(F)c(F)c(F)c(F)c3F)c3c(F)c(F)c4c(F)c(F)c5c(F)ccc6ccc3c4c65)ccc(F)c2c1F. The van der Waals surface area contributed by atoms with E-state index in [1.54, 1.807) is 0 Å². The summed E-state index contributed by atoms with van der Waals surface area (Å²) in [5.41, 5.74) is -6.47. The molecule has 20 heteroatoms. The molecule has 0 aromatic heterocycles. The third-order valence-corrected chi connectivity index (χ3v) is 9.31. The molecule has 0 radical (unpaired) electrons. The average molecular weight is 830 g/mol. The highest BCUT2D eigenvalue weighted by molar-refractivity contribution is 6.66. The van der Waals surface area contributed by atoms with Crippen LogP contribution in [0.5, 0.6) is 11.5 Å². The minimum atomic E-state index is -3.22. The van der Waals surface area contributed by atoms with Gasteiger partial charge in [-0.05, 0) is 41.1 Å². The second kappa shape index (κ2) is 13.3. The Hall–Kier alpha value is -6.47. The summed E-state index contributed by atoms with van der Waals surface area (Å²) < 4.78 is 267. The predicted octanol–water partition coefficient (Wildman–Crippen LogP) is 11.6. The van der Waals surface area contributed by atoms with Crippen molar-refractivity contribution < 1.29 is 83.9 Å². The van der Waals surface area contributed by atoms with Gasteiger partial charge in [0.15, 0.2) is 75.6 Å². The van der Waals surface area contributed by atoms with E-state index >= 15 is 39.5 Å². The topological polar surface area (TPSA) is 18.5 Å². The van der Waals surface area contributed by atoms with Crippen LogP contribution in [0.25, 0.3) is 54.2 Å². The van der Waals surface area contributed by atoms with Gasteiger partial charge in [0.05, 0.1) is 32.7 Å². The van der Waals surface area contributed by atoms with E-state index in [-0.39, 0.29) is 5.39 Å². The van der Waals surface area contributed by atoms with Gasteiger partial charge in [-0.1, -0.05) is 18.2 Å². The molecular weight excluding hydrogens is 822 g/mol. The van der Waals surface area contributed by atoms with E-state index in [1.807, 2.05) is 0 Å². The normalized spacial score (nSPS) is 11.9. The molecule has 0 fully saturated rings. The summed E-state index contributed by atoms with van der Waals surface area (Å²) in [6.45, 7) is 0. The standard InChI is InChI=1S/C38H8BF17O2/c40-12-7-8-15(10-4-6-14(42)24(43)17(10)12)57-39(58-38-22(30(49)34(53)36(55)37(38)56)21-28(47)32(51)35(54)33(52)29(21)48)23-11-3-1-9-2-5-13(41)19-16(9)18(11)20(26(45)25(19)44)27(46)31(23)50/h1-8H. The van der Waals surface area contributed by atoms with Crippen LogP contribution < -0.4 is 14.8 Å². The maximum absolute atomic E-state index is 16.5. The first kappa shape index (κ1) is 38.4. The van der Waals surface area contributed by atoms with E-state index in [0.717, 1.165) is 18.2 Å². The predicted molar refractivity (Wildman–Crippen MR) is 172 cm³/mol. The largest absolute Gasteiger partial charge is 0.636 e. The zero-order valence-electron chi connectivity index (χ0n) is 27.4.